The number of anilines is 1. The van der Waals surface area contributed by atoms with Gasteiger partial charge >= 0.3 is 0 Å². The molecule has 15 heavy (non-hydrogen) atoms. The van der Waals surface area contributed by atoms with Crippen LogP contribution >= 0.6 is 0 Å². The van der Waals surface area contributed by atoms with Crippen molar-refractivity contribution in [1.82, 2.24) is 20.3 Å². The van der Waals surface area contributed by atoms with Crippen LogP contribution in [-0.2, 0) is 0 Å². The number of aromatic hydroxyl groups is 1. The van der Waals surface area contributed by atoms with E-state index in [0.29, 0.717) is 0 Å². The molecule has 0 unspecified atom stereocenters. The summed E-state index contributed by atoms with van der Waals surface area (Å²) < 4.78 is 0. The monoisotopic (exact) mass is 204 g/mol. The number of phenolic OH excluding ortho intramolecular Hbond substituents is 1. The summed E-state index contributed by atoms with van der Waals surface area (Å²) in [6.07, 6.45) is 1.49. The summed E-state index contributed by atoms with van der Waals surface area (Å²) >= 11 is 0. The Kier molecular flexibility index (Phi) is 2.28. The van der Waals surface area contributed by atoms with Crippen molar-refractivity contribution in [3.8, 4) is 5.75 Å². The predicted octanol–water partition coefficient (Wildman–Crippen LogP) is -0.157. The summed E-state index contributed by atoms with van der Waals surface area (Å²) in [6.45, 7) is 0. The topological polar surface area (TPSA) is 102 Å². The fourth-order valence-electron chi connectivity index (χ4n) is 0.998. The maximum atomic E-state index is 9.19. The SMILES string of the molecule is Nc1nnnn1/N=C/c1cccc(O)c1. The van der Waals surface area contributed by atoms with Gasteiger partial charge in [0.15, 0.2) is 0 Å². The molecular weight excluding hydrogens is 196 g/mol. The molecule has 7 heteroatoms. The average Bonchev–Trinajstić information content (AvgIpc) is 2.61. The Morgan fingerprint density at radius 3 is 3.00 bits per heavy atom. The molecule has 0 bridgehead atoms. The highest BCUT2D eigenvalue weighted by Crippen LogP contribution is 2.08. The van der Waals surface area contributed by atoms with Gasteiger partial charge in [-0.3, -0.25) is 0 Å². The van der Waals surface area contributed by atoms with Crippen LogP contribution in [-0.4, -0.2) is 31.6 Å². The largest absolute Gasteiger partial charge is 0.508 e. The summed E-state index contributed by atoms with van der Waals surface area (Å²) in [6, 6.07) is 6.62. The van der Waals surface area contributed by atoms with E-state index in [-0.39, 0.29) is 11.7 Å². The van der Waals surface area contributed by atoms with Crippen molar-refractivity contribution in [2.75, 3.05) is 5.73 Å². The molecule has 0 aliphatic rings. The van der Waals surface area contributed by atoms with Gasteiger partial charge in [-0.05, 0) is 28.1 Å². The van der Waals surface area contributed by atoms with Gasteiger partial charge in [0, 0.05) is 0 Å². The lowest BCUT2D eigenvalue weighted by Crippen LogP contribution is -1.99. The molecule has 7 nitrogen and oxygen atoms in total. The fourth-order valence-corrected chi connectivity index (χ4v) is 0.998. The van der Waals surface area contributed by atoms with Gasteiger partial charge in [0.2, 0.25) is 0 Å². The normalized spacial score (nSPS) is 10.9. The van der Waals surface area contributed by atoms with E-state index in [1.54, 1.807) is 24.3 Å². The van der Waals surface area contributed by atoms with Gasteiger partial charge in [0.25, 0.3) is 5.95 Å². The number of aromatic nitrogens is 4. The first kappa shape index (κ1) is 9.13. The first-order valence-electron chi connectivity index (χ1n) is 4.13. The van der Waals surface area contributed by atoms with Crippen LogP contribution in [0.2, 0.25) is 0 Å². The summed E-state index contributed by atoms with van der Waals surface area (Å²) in [5.74, 6) is 0.273. The van der Waals surface area contributed by atoms with Crippen molar-refractivity contribution in [3.05, 3.63) is 29.8 Å². The van der Waals surface area contributed by atoms with Crippen molar-refractivity contribution >= 4 is 12.2 Å². The standard InChI is InChI=1S/C8H8N6O/c9-8-11-12-13-14(8)10-5-6-2-1-3-7(15)4-6/h1-5,15H,(H2,9,11,13)/b10-5+. The van der Waals surface area contributed by atoms with E-state index < -0.39 is 0 Å². The molecule has 3 N–H and O–H groups in total. The minimum atomic E-state index is 0.103. The maximum absolute atomic E-state index is 9.19. The molecule has 0 aliphatic heterocycles. The minimum absolute atomic E-state index is 0.103. The number of rotatable bonds is 2. The van der Waals surface area contributed by atoms with Gasteiger partial charge in [-0.25, -0.2) is 0 Å². The van der Waals surface area contributed by atoms with E-state index in [2.05, 4.69) is 20.6 Å². The average molecular weight is 204 g/mol. The van der Waals surface area contributed by atoms with Gasteiger partial charge in [-0.15, -0.1) is 0 Å². The van der Waals surface area contributed by atoms with E-state index in [1.807, 2.05) is 0 Å². The van der Waals surface area contributed by atoms with Crippen molar-refractivity contribution in [2.45, 2.75) is 0 Å². The second-order valence-corrected chi connectivity index (χ2v) is 2.77. The van der Waals surface area contributed by atoms with Crippen LogP contribution < -0.4 is 5.73 Å². The third kappa shape index (κ3) is 2.08. The number of tetrazole rings is 1. The number of nitrogens with zero attached hydrogens (tertiary/aromatic N) is 5. The third-order valence-electron chi connectivity index (χ3n) is 1.66. The Bertz CT molecular complexity index is 491. The zero-order chi connectivity index (χ0) is 10.7. The molecule has 1 aromatic carbocycles. The molecule has 0 amide bonds. The van der Waals surface area contributed by atoms with Crippen molar-refractivity contribution < 1.29 is 5.11 Å². The number of hydrogen-bond donors (Lipinski definition) is 2. The zero-order valence-corrected chi connectivity index (χ0v) is 7.65. The molecule has 0 saturated carbocycles. The molecule has 2 rings (SSSR count). The molecular formula is C8H8N6O. The molecule has 0 saturated heterocycles. The Morgan fingerprint density at radius 2 is 2.33 bits per heavy atom. The Balaban J connectivity index is 2.22. The van der Waals surface area contributed by atoms with E-state index in [4.69, 9.17) is 5.73 Å². The Labute approximate surface area is 84.8 Å². The lowest BCUT2D eigenvalue weighted by atomic mass is 10.2. The fraction of sp³-hybridized carbons (Fsp3) is 0. The molecule has 0 aliphatic carbocycles. The van der Waals surface area contributed by atoms with E-state index in [1.165, 1.54) is 6.21 Å². The smallest absolute Gasteiger partial charge is 0.263 e. The van der Waals surface area contributed by atoms with Crippen LogP contribution in [0.15, 0.2) is 29.4 Å². The van der Waals surface area contributed by atoms with Gasteiger partial charge in [0.05, 0.1) is 6.21 Å². The summed E-state index contributed by atoms with van der Waals surface area (Å²) in [7, 11) is 0. The summed E-state index contributed by atoms with van der Waals surface area (Å²) in [4.78, 5) is 1.09. The summed E-state index contributed by atoms with van der Waals surface area (Å²) in [5.41, 5.74) is 6.13. The van der Waals surface area contributed by atoms with Crippen LogP contribution in [0.25, 0.3) is 0 Å². The van der Waals surface area contributed by atoms with Crippen molar-refractivity contribution in [3.63, 3.8) is 0 Å². The van der Waals surface area contributed by atoms with E-state index in [9.17, 15) is 5.11 Å². The molecule has 1 aromatic heterocycles. The number of benzene rings is 1. The van der Waals surface area contributed by atoms with Crippen LogP contribution in [0.1, 0.15) is 5.56 Å². The first-order valence-corrected chi connectivity index (χ1v) is 4.13. The van der Waals surface area contributed by atoms with E-state index >= 15 is 0 Å². The molecule has 0 radical (unpaired) electrons. The van der Waals surface area contributed by atoms with Crippen LogP contribution in [0.5, 0.6) is 5.75 Å². The zero-order valence-electron chi connectivity index (χ0n) is 7.65. The Morgan fingerprint density at radius 1 is 1.47 bits per heavy atom. The third-order valence-corrected chi connectivity index (χ3v) is 1.66. The van der Waals surface area contributed by atoms with Crippen molar-refractivity contribution in [1.29, 1.82) is 0 Å². The van der Waals surface area contributed by atoms with Gasteiger partial charge in [0.1, 0.15) is 5.75 Å². The maximum Gasteiger partial charge on any atom is 0.263 e. The molecule has 2 aromatic rings. The highest BCUT2D eigenvalue weighted by Gasteiger charge is 1.96. The number of nitrogens with two attached hydrogens (primary N) is 1. The molecule has 76 valence electrons. The van der Waals surface area contributed by atoms with Gasteiger partial charge in [-0.1, -0.05) is 22.0 Å². The summed E-state index contributed by atoms with van der Waals surface area (Å²) in [5, 5.41) is 23.4. The lowest BCUT2D eigenvalue weighted by molar-refractivity contribution is 0.475. The number of nitrogen functional groups attached to an aromatic ring is 1. The predicted molar refractivity (Wildman–Crippen MR) is 53.3 cm³/mol. The minimum Gasteiger partial charge on any atom is -0.508 e. The van der Waals surface area contributed by atoms with Crippen molar-refractivity contribution in [2.24, 2.45) is 5.10 Å². The first-order chi connectivity index (χ1) is 7.25. The number of hydrogen-bond acceptors (Lipinski definition) is 6. The highest BCUT2D eigenvalue weighted by molar-refractivity contribution is 5.80. The number of phenols is 1. The lowest BCUT2D eigenvalue weighted by Gasteiger charge is -1.94. The second kappa shape index (κ2) is 3.74. The molecule has 1 heterocycles. The van der Waals surface area contributed by atoms with Crippen LogP contribution in [0.4, 0.5) is 5.95 Å². The molecule has 0 atom stereocenters. The quantitative estimate of drug-likeness (QED) is 0.662. The Hall–Kier alpha value is -2.44. The molecule has 0 spiro atoms. The highest BCUT2D eigenvalue weighted by atomic mass is 16.3. The van der Waals surface area contributed by atoms with Gasteiger partial charge in [-0.2, -0.15) is 5.10 Å². The van der Waals surface area contributed by atoms with Crippen LogP contribution in [0.3, 0.4) is 0 Å². The van der Waals surface area contributed by atoms with Gasteiger partial charge < -0.3 is 10.8 Å². The van der Waals surface area contributed by atoms with E-state index in [0.717, 1.165) is 10.4 Å². The molecule has 0 fully saturated rings. The van der Waals surface area contributed by atoms with Crippen LogP contribution in [0, 0.1) is 0 Å². The second-order valence-electron chi connectivity index (χ2n) is 2.77.